The van der Waals surface area contributed by atoms with Crippen molar-refractivity contribution >= 4 is 5.69 Å². The van der Waals surface area contributed by atoms with E-state index in [9.17, 15) is 4.39 Å². The van der Waals surface area contributed by atoms with Crippen LogP contribution in [0.5, 0.6) is 5.75 Å². The fraction of sp³-hybridized carbons (Fsp3) is 0.417. The predicted octanol–water partition coefficient (Wildman–Crippen LogP) is 2.72. The summed E-state index contributed by atoms with van der Waals surface area (Å²) in [6.07, 6.45) is -0.374. The molecule has 0 heterocycles. The van der Waals surface area contributed by atoms with Crippen molar-refractivity contribution in [1.29, 1.82) is 5.26 Å². The van der Waals surface area contributed by atoms with E-state index in [1.807, 2.05) is 0 Å². The van der Waals surface area contributed by atoms with Crippen LogP contribution < -0.4 is 10.5 Å². The fourth-order valence-corrected chi connectivity index (χ4v) is 1.04. The summed E-state index contributed by atoms with van der Waals surface area (Å²) in [5.74, 6) is -0.137. The van der Waals surface area contributed by atoms with Crippen LogP contribution in [0.3, 0.4) is 0 Å². The average molecular weight is 222 g/mol. The van der Waals surface area contributed by atoms with Gasteiger partial charge in [-0.3, -0.25) is 0 Å². The fourth-order valence-electron chi connectivity index (χ4n) is 1.04. The van der Waals surface area contributed by atoms with Gasteiger partial charge in [0.25, 0.3) is 0 Å². The molecule has 1 aromatic carbocycles. The van der Waals surface area contributed by atoms with E-state index in [2.05, 4.69) is 6.07 Å². The van der Waals surface area contributed by atoms with Gasteiger partial charge in [-0.05, 0) is 32.9 Å². The first kappa shape index (κ1) is 12.3. The lowest BCUT2D eigenvalue weighted by Gasteiger charge is -2.25. The maximum Gasteiger partial charge on any atom is 0.145 e. The van der Waals surface area contributed by atoms with E-state index in [-0.39, 0.29) is 11.9 Å². The molecule has 0 bridgehead atoms. The van der Waals surface area contributed by atoms with E-state index in [0.29, 0.717) is 5.69 Å². The second kappa shape index (κ2) is 4.40. The lowest BCUT2D eigenvalue weighted by molar-refractivity contribution is 0.130. The first-order valence-corrected chi connectivity index (χ1v) is 5.00. The molecular formula is C12H15FN2O. The van der Waals surface area contributed by atoms with Crippen LogP contribution in [0.25, 0.3) is 0 Å². The van der Waals surface area contributed by atoms with Gasteiger partial charge in [-0.2, -0.15) is 5.26 Å². The maximum absolute atomic E-state index is 13.0. The summed E-state index contributed by atoms with van der Waals surface area (Å²) in [6.45, 7) is 5.27. The van der Waals surface area contributed by atoms with Crippen molar-refractivity contribution in [3.05, 3.63) is 24.0 Å². The van der Waals surface area contributed by atoms with Crippen molar-refractivity contribution in [3.8, 4) is 11.8 Å². The highest BCUT2D eigenvalue weighted by atomic mass is 19.1. The predicted molar refractivity (Wildman–Crippen MR) is 60.3 cm³/mol. The zero-order valence-electron chi connectivity index (χ0n) is 9.62. The largest absolute Gasteiger partial charge is 0.487 e. The topological polar surface area (TPSA) is 59.0 Å². The zero-order chi connectivity index (χ0) is 12.3. The van der Waals surface area contributed by atoms with Crippen molar-refractivity contribution < 1.29 is 9.13 Å². The van der Waals surface area contributed by atoms with Crippen LogP contribution in [-0.4, -0.2) is 6.10 Å². The van der Waals surface area contributed by atoms with E-state index < -0.39 is 11.2 Å². The standard InChI is InChI=1S/C12H15FN2O/c1-8(12(2,3)7-14)16-11-6-9(13)4-5-10(11)15/h4-6,8H,15H2,1-3H3/t8-/m1/s1. The Bertz CT molecular complexity index is 424. The number of ether oxygens (including phenoxy) is 1. The SMILES string of the molecule is C[C@@H](Oc1cc(F)ccc1N)C(C)(C)C#N. The minimum atomic E-state index is -0.654. The molecule has 0 saturated carbocycles. The number of anilines is 1. The first-order valence-electron chi connectivity index (χ1n) is 5.00. The van der Waals surface area contributed by atoms with Gasteiger partial charge in [-0.1, -0.05) is 0 Å². The van der Waals surface area contributed by atoms with Gasteiger partial charge in [0.05, 0.1) is 17.2 Å². The van der Waals surface area contributed by atoms with Gasteiger partial charge in [0.15, 0.2) is 0 Å². The number of hydrogen-bond acceptors (Lipinski definition) is 3. The minimum absolute atomic E-state index is 0.274. The Balaban J connectivity index is 2.89. The van der Waals surface area contributed by atoms with Crippen molar-refractivity contribution in [2.24, 2.45) is 5.41 Å². The van der Waals surface area contributed by atoms with E-state index in [1.165, 1.54) is 18.2 Å². The van der Waals surface area contributed by atoms with Crippen LogP contribution >= 0.6 is 0 Å². The van der Waals surface area contributed by atoms with Crippen LogP contribution in [0.4, 0.5) is 10.1 Å². The van der Waals surface area contributed by atoms with Gasteiger partial charge in [0.2, 0.25) is 0 Å². The van der Waals surface area contributed by atoms with Gasteiger partial charge in [0, 0.05) is 6.07 Å². The number of nitrogen functional groups attached to an aromatic ring is 1. The van der Waals surface area contributed by atoms with E-state index >= 15 is 0 Å². The highest BCUT2D eigenvalue weighted by molar-refractivity contribution is 5.52. The maximum atomic E-state index is 13.0. The molecule has 0 aliphatic heterocycles. The van der Waals surface area contributed by atoms with E-state index in [4.69, 9.17) is 15.7 Å². The molecule has 4 heteroatoms. The number of halogens is 1. The molecule has 1 atom stereocenters. The molecule has 0 unspecified atom stereocenters. The Labute approximate surface area is 94.6 Å². The summed E-state index contributed by atoms with van der Waals surface area (Å²) in [5, 5.41) is 8.93. The molecule has 0 fully saturated rings. The van der Waals surface area contributed by atoms with E-state index in [0.717, 1.165) is 0 Å². The molecule has 0 aromatic heterocycles. The molecule has 16 heavy (non-hydrogen) atoms. The summed E-state index contributed by atoms with van der Waals surface area (Å²) in [4.78, 5) is 0. The Morgan fingerprint density at radius 2 is 2.12 bits per heavy atom. The van der Waals surface area contributed by atoms with Crippen molar-refractivity contribution in [2.45, 2.75) is 26.9 Å². The number of benzene rings is 1. The second-order valence-electron chi connectivity index (χ2n) is 4.28. The Hall–Kier alpha value is -1.76. The highest BCUT2D eigenvalue weighted by Crippen LogP contribution is 2.28. The van der Waals surface area contributed by atoms with Crippen LogP contribution in [0.15, 0.2) is 18.2 Å². The molecule has 0 aliphatic carbocycles. The van der Waals surface area contributed by atoms with Crippen molar-refractivity contribution in [3.63, 3.8) is 0 Å². The molecule has 0 amide bonds. The molecule has 3 nitrogen and oxygen atoms in total. The molecule has 1 rings (SSSR count). The van der Waals surface area contributed by atoms with Gasteiger partial charge in [0.1, 0.15) is 17.7 Å². The van der Waals surface area contributed by atoms with Crippen molar-refractivity contribution in [1.82, 2.24) is 0 Å². The number of hydrogen-bond donors (Lipinski definition) is 1. The number of nitriles is 1. The molecule has 0 saturated heterocycles. The summed E-state index contributed by atoms with van der Waals surface area (Å²) < 4.78 is 18.5. The summed E-state index contributed by atoms with van der Waals surface area (Å²) in [7, 11) is 0. The Kier molecular flexibility index (Phi) is 3.38. The Morgan fingerprint density at radius 3 is 2.69 bits per heavy atom. The number of rotatable bonds is 3. The third kappa shape index (κ3) is 2.63. The van der Waals surface area contributed by atoms with Crippen LogP contribution in [0, 0.1) is 22.6 Å². The average Bonchev–Trinajstić information content (AvgIpc) is 2.23. The monoisotopic (exact) mass is 222 g/mol. The molecular weight excluding hydrogens is 207 g/mol. The molecule has 0 spiro atoms. The normalized spacial score (nSPS) is 12.9. The van der Waals surface area contributed by atoms with Gasteiger partial charge in [-0.25, -0.2) is 4.39 Å². The van der Waals surface area contributed by atoms with Gasteiger partial charge < -0.3 is 10.5 Å². The summed E-state index contributed by atoms with van der Waals surface area (Å²) >= 11 is 0. The van der Waals surface area contributed by atoms with Crippen LogP contribution in [0.1, 0.15) is 20.8 Å². The number of nitrogens with two attached hydrogens (primary N) is 1. The highest BCUT2D eigenvalue weighted by Gasteiger charge is 2.27. The lowest BCUT2D eigenvalue weighted by atomic mass is 9.89. The van der Waals surface area contributed by atoms with E-state index in [1.54, 1.807) is 20.8 Å². The third-order valence-corrected chi connectivity index (χ3v) is 2.58. The van der Waals surface area contributed by atoms with Gasteiger partial charge >= 0.3 is 0 Å². The minimum Gasteiger partial charge on any atom is -0.487 e. The molecule has 2 N–H and O–H groups in total. The summed E-state index contributed by atoms with van der Waals surface area (Å²) in [5.41, 5.74) is 5.36. The van der Waals surface area contributed by atoms with Crippen molar-refractivity contribution in [2.75, 3.05) is 5.73 Å². The zero-order valence-corrected chi connectivity index (χ0v) is 9.62. The quantitative estimate of drug-likeness (QED) is 0.800. The van der Waals surface area contributed by atoms with Gasteiger partial charge in [-0.15, -0.1) is 0 Å². The molecule has 86 valence electrons. The first-order chi connectivity index (χ1) is 7.36. The lowest BCUT2D eigenvalue weighted by Crippen LogP contribution is -2.30. The smallest absolute Gasteiger partial charge is 0.145 e. The molecule has 0 aliphatic rings. The van der Waals surface area contributed by atoms with Crippen LogP contribution in [0.2, 0.25) is 0 Å². The molecule has 0 radical (unpaired) electrons. The molecule has 1 aromatic rings. The third-order valence-electron chi connectivity index (χ3n) is 2.58. The summed E-state index contributed by atoms with van der Waals surface area (Å²) in [6, 6.07) is 6.06. The van der Waals surface area contributed by atoms with Crippen LogP contribution in [-0.2, 0) is 0 Å². The Morgan fingerprint density at radius 1 is 1.50 bits per heavy atom. The second-order valence-corrected chi connectivity index (χ2v) is 4.28. The number of nitrogens with zero attached hydrogens (tertiary/aromatic N) is 1.